The minimum Gasteiger partial charge on any atom is -0.371 e. The Morgan fingerprint density at radius 3 is 2.38 bits per heavy atom. The number of hydrogen-bond donors (Lipinski definition) is 1. The summed E-state index contributed by atoms with van der Waals surface area (Å²) in [6, 6.07) is 0.513. The Balaban J connectivity index is 2.08. The molecule has 94 valence electrons. The Kier molecular flexibility index (Phi) is 2.84. The standard InChI is InChI=1S/C13H25NO2/c1-11(2,3)10-6-7-15-13(14-10)8-12(4,5)16-9-13/h10,14H,6-9H2,1-5H3. The number of ether oxygens (including phenoxy) is 2. The van der Waals surface area contributed by atoms with E-state index in [1.807, 2.05) is 0 Å². The first kappa shape index (κ1) is 12.3. The molecule has 0 aromatic heterocycles. The highest BCUT2D eigenvalue weighted by Gasteiger charge is 2.49. The van der Waals surface area contributed by atoms with Crippen molar-refractivity contribution >= 4 is 0 Å². The van der Waals surface area contributed by atoms with Gasteiger partial charge in [0.25, 0.3) is 0 Å². The van der Waals surface area contributed by atoms with E-state index in [1.54, 1.807) is 0 Å². The summed E-state index contributed by atoms with van der Waals surface area (Å²) in [5.74, 6) is 0. The smallest absolute Gasteiger partial charge is 0.145 e. The fraction of sp³-hybridized carbons (Fsp3) is 1.00. The Hall–Kier alpha value is -0.120. The first-order valence-electron chi connectivity index (χ1n) is 6.28. The van der Waals surface area contributed by atoms with Gasteiger partial charge in [0.2, 0.25) is 0 Å². The van der Waals surface area contributed by atoms with E-state index in [9.17, 15) is 0 Å². The van der Waals surface area contributed by atoms with Crippen LogP contribution < -0.4 is 5.32 Å². The number of rotatable bonds is 0. The molecule has 2 rings (SSSR count). The van der Waals surface area contributed by atoms with Gasteiger partial charge in [-0.15, -0.1) is 0 Å². The van der Waals surface area contributed by atoms with E-state index >= 15 is 0 Å². The van der Waals surface area contributed by atoms with E-state index in [1.165, 1.54) is 0 Å². The maximum atomic E-state index is 5.95. The van der Waals surface area contributed by atoms with E-state index < -0.39 is 0 Å². The second kappa shape index (κ2) is 3.69. The molecule has 16 heavy (non-hydrogen) atoms. The first-order chi connectivity index (χ1) is 7.23. The van der Waals surface area contributed by atoms with Crippen molar-refractivity contribution in [1.29, 1.82) is 0 Å². The lowest BCUT2D eigenvalue weighted by Gasteiger charge is -2.44. The van der Waals surface area contributed by atoms with Gasteiger partial charge < -0.3 is 9.47 Å². The van der Waals surface area contributed by atoms with Crippen LogP contribution in [-0.4, -0.2) is 30.6 Å². The van der Waals surface area contributed by atoms with Crippen LogP contribution in [-0.2, 0) is 9.47 Å². The lowest BCUT2D eigenvalue weighted by Crippen LogP contribution is -2.60. The van der Waals surface area contributed by atoms with Gasteiger partial charge in [-0.2, -0.15) is 0 Å². The van der Waals surface area contributed by atoms with E-state index in [2.05, 4.69) is 39.9 Å². The average molecular weight is 227 g/mol. The molecule has 0 amide bonds. The summed E-state index contributed by atoms with van der Waals surface area (Å²) in [5.41, 5.74) is -0.0179. The van der Waals surface area contributed by atoms with Crippen LogP contribution >= 0.6 is 0 Å². The molecule has 2 unspecified atom stereocenters. The van der Waals surface area contributed by atoms with Gasteiger partial charge in [-0.1, -0.05) is 20.8 Å². The maximum absolute atomic E-state index is 5.95. The van der Waals surface area contributed by atoms with Crippen molar-refractivity contribution in [2.45, 2.75) is 64.8 Å². The summed E-state index contributed by atoms with van der Waals surface area (Å²) in [4.78, 5) is 0. The normalized spacial score (nSPS) is 39.2. The van der Waals surface area contributed by atoms with Crippen LogP contribution in [0.15, 0.2) is 0 Å². The molecule has 2 aliphatic heterocycles. The zero-order chi connectivity index (χ0) is 12.0. The summed E-state index contributed by atoms with van der Waals surface area (Å²) in [6.07, 6.45) is 2.03. The quantitative estimate of drug-likeness (QED) is 0.689. The molecule has 2 heterocycles. The van der Waals surface area contributed by atoms with Crippen molar-refractivity contribution < 1.29 is 9.47 Å². The zero-order valence-electron chi connectivity index (χ0n) is 11.2. The van der Waals surface area contributed by atoms with Crippen LogP contribution in [0, 0.1) is 5.41 Å². The molecule has 0 bridgehead atoms. The number of hydrogen-bond acceptors (Lipinski definition) is 3. The van der Waals surface area contributed by atoms with E-state index in [0.29, 0.717) is 12.6 Å². The molecule has 2 atom stereocenters. The summed E-state index contributed by atoms with van der Waals surface area (Å²) < 4.78 is 11.8. The van der Waals surface area contributed by atoms with Crippen LogP contribution in [0.1, 0.15) is 47.5 Å². The third-order valence-electron chi connectivity index (χ3n) is 3.67. The third kappa shape index (κ3) is 2.41. The summed E-state index contributed by atoms with van der Waals surface area (Å²) >= 11 is 0. The Morgan fingerprint density at radius 1 is 1.19 bits per heavy atom. The fourth-order valence-corrected chi connectivity index (χ4v) is 2.74. The van der Waals surface area contributed by atoms with Crippen molar-refractivity contribution in [3.8, 4) is 0 Å². The zero-order valence-corrected chi connectivity index (χ0v) is 11.2. The molecule has 0 radical (unpaired) electrons. The van der Waals surface area contributed by atoms with Gasteiger partial charge in [0, 0.05) is 12.5 Å². The topological polar surface area (TPSA) is 30.5 Å². The van der Waals surface area contributed by atoms with E-state index in [4.69, 9.17) is 9.47 Å². The van der Waals surface area contributed by atoms with Crippen LogP contribution in [0.3, 0.4) is 0 Å². The van der Waals surface area contributed by atoms with Gasteiger partial charge in [-0.3, -0.25) is 5.32 Å². The molecular weight excluding hydrogens is 202 g/mol. The average Bonchev–Trinajstić information content (AvgIpc) is 2.40. The lowest BCUT2D eigenvalue weighted by atomic mass is 9.82. The molecule has 0 aromatic rings. The molecule has 0 aromatic carbocycles. The van der Waals surface area contributed by atoms with Crippen LogP contribution in [0.4, 0.5) is 0 Å². The monoisotopic (exact) mass is 227 g/mol. The predicted molar refractivity (Wildman–Crippen MR) is 64.3 cm³/mol. The minimum absolute atomic E-state index is 0.0627. The lowest BCUT2D eigenvalue weighted by molar-refractivity contribution is -0.123. The van der Waals surface area contributed by atoms with Crippen LogP contribution in [0.2, 0.25) is 0 Å². The molecule has 3 heteroatoms. The minimum atomic E-state index is -0.236. The van der Waals surface area contributed by atoms with Gasteiger partial charge in [-0.05, 0) is 25.7 Å². The molecular formula is C13H25NO2. The second-order valence-corrected chi connectivity index (χ2v) is 6.92. The van der Waals surface area contributed by atoms with Crippen LogP contribution in [0.5, 0.6) is 0 Å². The van der Waals surface area contributed by atoms with Crippen molar-refractivity contribution in [1.82, 2.24) is 5.32 Å². The third-order valence-corrected chi connectivity index (χ3v) is 3.67. The molecule has 2 aliphatic rings. The first-order valence-corrected chi connectivity index (χ1v) is 6.28. The van der Waals surface area contributed by atoms with Gasteiger partial charge in [-0.25, -0.2) is 0 Å². The second-order valence-electron chi connectivity index (χ2n) is 6.92. The Morgan fingerprint density at radius 2 is 1.88 bits per heavy atom. The van der Waals surface area contributed by atoms with Gasteiger partial charge in [0.1, 0.15) is 5.72 Å². The van der Waals surface area contributed by atoms with Gasteiger partial charge in [0.15, 0.2) is 0 Å². The van der Waals surface area contributed by atoms with Crippen molar-refractivity contribution in [3.05, 3.63) is 0 Å². The summed E-state index contributed by atoms with van der Waals surface area (Å²) in [5, 5.41) is 3.68. The fourth-order valence-electron chi connectivity index (χ4n) is 2.74. The Bertz CT molecular complexity index is 270. The van der Waals surface area contributed by atoms with Gasteiger partial charge in [0.05, 0.1) is 18.8 Å². The largest absolute Gasteiger partial charge is 0.371 e. The highest BCUT2D eigenvalue weighted by atomic mass is 16.6. The maximum Gasteiger partial charge on any atom is 0.145 e. The SMILES string of the molecule is CC1(C)CC2(CO1)NC(C(C)(C)C)CCO2. The van der Waals surface area contributed by atoms with Crippen LogP contribution in [0.25, 0.3) is 0 Å². The summed E-state index contributed by atoms with van der Waals surface area (Å²) in [6.45, 7) is 12.6. The van der Waals surface area contributed by atoms with E-state index in [0.717, 1.165) is 19.4 Å². The molecule has 2 saturated heterocycles. The number of nitrogens with one attached hydrogen (secondary N) is 1. The molecule has 0 saturated carbocycles. The molecule has 1 N–H and O–H groups in total. The molecule has 1 spiro atoms. The predicted octanol–water partition coefficient (Wildman–Crippen LogP) is 2.31. The van der Waals surface area contributed by atoms with Crippen molar-refractivity contribution in [2.75, 3.05) is 13.2 Å². The van der Waals surface area contributed by atoms with Gasteiger partial charge >= 0.3 is 0 Å². The van der Waals surface area contributed by atoms with Crippen molar-refractivity contribution in [2.24, 2.45) is 5.41 Å². The molecule has 3 nitrogen and oxygen atoms in total. The van der Waals surface area contributed by atoms with E-state index in [-0.39, 0.29) is 16.7 Å². The Labute approximate surface area is 98.9 Å². The summed E-state index contributed by atoms with van der Waals surface area (Å²) in [7, 11) is 0. The highest BCUT2D eigenvalue weighted by Crippen LogP contribution is 2.38. The van der Waals surface area contributed by atoms with Crippen molar-refractivity contribution in [3.63, 3.8) is 0 Å². The molecule has 0 aliphatic carbocycles. The highest BCUT2D eigenvalue weighted by molar-refractivity contribution is 4.98. The molecule has 2 fully saturated rings.